The third kappa shape index (κ3) is 5.75. The Labute approximate surface area is 166 Å². The molecule has 1 heterocycles. The number of carbonyl (C=O) groups is 1. The lowest BCUT2D eigenvalue weighted by Crippen LogP contribution is -2.53. The maximum atomic E-state index is 13.0. The number of hydrogen-bond acceptors (Lipinski definition) is 3. The molecule has 4 nitrogen and oxygen atoms in total. The molecule has 2 aromatic rings. The highest BCUT2D eigenvalue weighted by atomic mass is 19.1. The molecule has 1 aliphatic heterocycles. The van der Waals surface area contributed by atoms with E-state index >= 15 is 0 Å². The molecule has 148 valence electrons. The normalized spacial score (nSPS) is 16.9. The maximum absolute atomic E-state index is 13.0. The van der Waals surface area contributed by atoms with Crippen LogP contribution in [0.2, 0.25) is 0 Å². The van der Waals surface area contributed by atoms with Crippen molar-refractivity contribution in [3.05, 3.63) is 72.1 Å². The Morgan fingerprint density at radius 3 is 2.39 bits per heavy atom. The monoisotopic (exact) mass is 381 g/mol. The van der Waals surface area contributed by atoms with Crippen LogP contribution in [0, 0.1) is 5.82 Å². The molecule has 1 amide bonds. The fourth-order valence-corrected chi connectivity index (χ4v) is 3.53. The van der Waals surface area contributed by atoms with Gasteiger partial charge in [-0.2, -0.15) is 0 Å². The van der Waals surface area contributed by atoms with Crippen molar-refractivity contribution in [1.29, 1.82) is 0 Å². The largest absolute Gasteiger partial charge is 0.325 e. The molecule has 28 heavy (non-hydrogen) atoms. The summed E-state index contributed by atoms with van der Waals surface area (Å²) in [4.78, 5) is 17.3. The number of benzene rings is 2. The van der Waals surface area contributed by atoms with E-state index in [1.54, 1.807) is 12.1 Å². The molecule has 0 radical (unpaired) electrons. The van der Waals surface area contributed by atoms with Gasteiger partial charge in [0.1, 0.15) is 5.82 Å². The van der Waals surface area contributed by atoms with E-state index in [-0.39, 0.29) is 17.8 Å². The third-order valence-electron chi connectivity index (χ3n) is 5.12. The van der Waals surface area contributed by atoms with E-state index in [1.165, 1.54) is 17.7 Å². The Bertz CT molecular complexity index is 768. The van der Waals surface area contributed by atoms with Crippen molar-refractivity contribution in [2.45, 2.75) is 19.4 Å². The third-order valence-corrected chi connectivity index (χ3v) is 5.12. The predicted octanol–water partition coefficient (Wildman–Crippen LogP) is 3.87. The van der Waals surface area contributed by atoms with Crippen LogP contribution in [0.25, 0.3) is 6.08 Å². The van der Waals surface area contributed by atoms with Crippen molar-refractivity contribution in [2.75, 3.05) is 38.0 Å². The van der Waals surface area contributed by atoms with Crippen LogP contribution in [0.1, 0.15) is 18.9 Å². The van der Waals surface area contributed by atoms with Gasteiger partial charge in [-0.1, -0.05) is 49.4 Å². The van der Waals surface area contributed by atoms with Crippen molar-refractivity contribution in [3.63, 3.8) is 0 Å². The Morgan fingerprint density at radius 1 is 1.07 bits per heavy atom. The average molecular weight is 381 g/mol. The molecule has 0 aliphatic carbocycles. The summed E-state index contributed by atoms with van der Waals surface area (Å²) in [5.74, 6) is -0.325. The summed E-state index contributed by atoms with van der Waals surface area (Å²) < 4.78 is 13.0. The Morgan fingerprint density at radius 2 is 1.75 bits per heavy atom. The molecular weight excluding hydrogens is 353 g/mol. The molecule has 0 bridgehead atoms. The summed E-state index contributed by atoms with van der Waals surface area (Å²) in [7, 11) is 0. The Balaban J connectivity index is 1.47. The first-order chi connectivity index (χ1) is 13.7. The topological polar surface area (TPSA) is 35.6 Å². The fourth-order valence-electron chi connectivity index (χ4n) is 3.53. The first-order valence-electron chi connectivity index (χ1n) is 9.90. The van der Waals surface area contributed by atoms with Gasteiger partial charge in [0.05, 0.1) is 6.04 Å². The van der Waals surface area contributed by atoms with Gasteiger partial charge in [0, 0.05) is 38.4 Å². The number of nitrogens with one attached hydrogen (secondary N) is 1. The van der Waals surface area contributed by atoms with Gasteiger partial charge in [0.15, 0.2) is 0 Å². The molecular formula is C23H28FN3O. The van der Waals surface area contributed by atoms with Crippen LogP contribution in [0.15, 0.2) is 60.7 Å². The molecule has 0 saturated carbocycles. The smallest absolute Gasteiger partial charge is 0.241 e. The molecule has 0 spiro atoms. The zero-order valence-corrected chi connectivity index (χ0v) is 16.4. The summed E-state index contributed by atoms with van der Waals surface area (Å²) in [5, 5.41) is 2.91. The molecule has 2 aromatic carbocycles. The van der Waals surface area contributed by atoms with E-state index < -0.39 is 0 Å². The summed E-state index contributed by atoms with van der Waals surface area (Å²) >= 11 is 0. The lowest BCUT2D eigenvalue weighted by Gasteiger charge is -2.38. The van der Waals surface area contributed by atoms with Crippen molar-refractivity contribution in [3.8, 4) is 0 Å². The van der Waals surface area contributed by atoms with Gasteiger partial charge in [0.25, 0.3) is 0 Å². The molecule has 1 unspecified atom stereocenters. The number of carbonyl (C=O) groups excluding carboxylic acids is 1. The van der Waals surface area contributed by atoms with Gasteiger partial charge in [-0.3, -0.25) is 14.6 Å². The molecule has 1 N–H and O–H groups in total. The van der Waals surface area contributed by atoms with Gasteiger partial charge in [-0.05, 0) is 36.2 Å². The molecule has 1 aliphatic rings. The van der Waals surface area contributed by atoms with Crippen LogP contribution in [-0.4, -0.2) is 54.5 Å². The first-order valence-corrected chi connectivity index (χ1v) is 9.90. The van der Waals surface area contributed by atoms with Crippen LogP contribution in [0.4, 0.5) is 10.1 Å². The molecule has 1 atom stereocenters. The van der Waals surface area contributed by atoms with Crippen molar-refractivity contribution >= 4 is 17.7 Å². The van der Waals surface area contributed by atoms with Gasteiger partial charge < -0.3 is 5.32 Å². The van der Waals surface area contributed by atoms with Gasteiger partial charge >= 0.3 is 0 Å². The number of nitrogens with zero attached hydrogens (tertiary/aromatic N) is 2. The summed E-state index contributed by atoms with van der Waals surface area (Å²) in [6, 6.07) is 16.0. The second-order valence-electron chi connectivity index (χ2n) is 7.07. The number of hydrogen-bond donors (Lipinski definition) is 1. The maximum Gasteiger partial charge on any atom is 0.241 e. The Kier molecular flexibility index (Phi) is 7.34. The molecule has 0 aromatic heterocycles. The first kappa shape index (κ1) is 20.2. The number of piperazine rings is 1. The average Bonchev–Trinajstić information content (AvgIpc) is 2.72. The summed E-state index contributed by atoms with van der Waals surface area (Å²) in [5.41, 5.74) is 1.85. The standard InChI is InChI=1S/C23H28FN3O/c1-2-22(23(28)25-21-12-10-20(24)11-13-21)27-17-15-26(16-18-27)14-6-9-19-7-4-3-5-8-19/h3-13,22H,2,14-18H2,1H3,(H,25,28)/b9-6+. The van der Waals surface area contributed by atoms with Crippen molar-refractivity contribution < 1.29 is 9.18 Å². The van der Waals surface area contributed by atoms with E-state index in [0.29, 0.717) is 5.69 Å². The zero-order chi connectivity index (χ0) is 19.8. The van der Waals surface area contributed by atoms with E-state index in [1.807, 2.05) is 25.1 Å². The van der Waals surface area contributed by atoms with Crippen LogP contribution in [0.5, 0.6) is 0 Å². The Hall–Kier alpha value is -2.50. The van der Waals surface area contributed by atoms with E-state index in [2.05, 4.69) is 39.4 Å². The van der Waals surface area contributed by atoms with Crippen LogP contribution >= 0.6 is 0 Å². The summed E-state index contributed by atoms with van der Waals surface area (Å²) in [6.07, 6.45) is 5.10. The van der Waals surface area contributed by atoms with Crippen LogP contribution < -0.4 is 5.32 Å². The SMILES string of the molecule is CCC(C(=O)Nc1ccc(F)cc1)N1CCN(C/C=C/c2ccccc2)CC1. The number of halogens is 1. The second-order valence-corrected chi connectivity index (χ2v) is 7.07. The fraction of sp³-hybridized carbons (Fsp3) is 0.348. The molecule has 3 rings (SSSR count). The van der Waals surface area contributed by atoms with Gasteiger partial charge in [0.2, 0.25) is 5.91 Å². The highest BCUT2D eigenvalue weighted by Gasteiger charge is 2.27. The van der Waals surface area contributed by atoms with E-state index in [4.69, 9.17) is 0 Å². The van der Waals surface area contributed by atoms with Crippen LogP contribution in [-0.2, 0) is 4.79 Å². The van der Waals surface area contributed by atoms with Crippen molar-refractivity contribution in [2.24, 2.45) is 0 Å². The number of rotatable bonds is 7. The van der Waals surface area contributed by atoms with E-state index in [9.17, 15) is 9.18 Å². The zero-order valence-electron chi connectivity index (χ0n) is 16.4. The lowest BCUT2D eigenvalue weighted by atomic mass is 10.1. The van der Waals surface area contributed by atoms with Crippen molar-refractivity contribution in [1.82, 2.24) is 9.80 Å². The molecule has 1 saturated heterocycles. The predicted molar refractivity (Wildman–Crippen MR) is 113 cm³/mol. The summed E-state index contributed by atoms with van der Waals surface area (Å²) in [6.45, 7) is 6.58. The quantitative estimate of drug-likeness (QED) is 0.791. The van der Waals surface area contributed by atoms with Gasteiger partial charge in [-0.15, -0.1) is 0 Å². The minimum absolute atomic E-state index is 0.0217. The van der Waals surface area contributed by atoms with E-state index in [0.717, 1.165) is 39.1 Å². The minimum Gasteiger partial charge on any atom is -0.325 e. The van der Waals surface area contributed by atoms with Crippen LogP contribution in [0.3, 0.4) is 0 Å². The second kappa shape index (κ2) is 10.2. The molecule has 5 heteroatoms. The molecule has 1 fully saturated rings. The lowest BCUT2D eigenvalue weighted by molar-refractivity contribution is -0.122. The number of amides is 1. The highest BCUT2D eigenvalue weighted by molar-refractivity contribution is 5.94. The highest BCUT2D eigenvalue weighted by Crippen LogP contribution is 2.14. The van der Waals surface area contributed by atoms with Gasteiger partial charge in [-0.25, -0.2) is 4.39 Å². The minimum atomic E-state index is -0.303. The number of anilines is 1.